The standard InChI is InChI=1S/C32H50N2O3/c35-25-31-19-14-10-6-2-4-7-11-15-20-33-22-18-27-26(23-31)24-34-21-16-12-8-3-1-5-9-13-17-28(36)29(37)32(27,34)30(31)33/h3,5,8-9,13,17,25-30,36-37H,1-2,4,6-7,10-12,14-16,18-24H2/b8-3-,9-5-,17-13-/t26-,27-,28-,29-,30+,31+,32-/m1/s1. The summed E-state index contributed by atoms with van der Waals surface area (Å²) < 4.78 is 0. The predicted octanol–water partition coefficient (Wildman–Crippen LogP) is 5.04. The summed E-state index contributed by atoms with van der Waals surface area (Å²) in [6.45, 7) is 3.88. The van der Waals surface area contributed by atoms with Crippen LogP contribution in [0, 0.1) is 17.3 Å². The SMILES string of the molecule is O=C[C@@]12CCCCCCCCCCN3CC[C@@H]4[C@@H](CN5CCC/C=C\C/C=C\C=C/[C@@H](O)[C@@H](O)[C@@]45[C@@H]31)C2. The van der Waals surface area contributed by atoms with Gasteiger partial charge in [-0.05, 0) is 76.4 Å². The number of aldehydes is 1. The van der Waals surface area contributed by atoms with Crippen molar-refractivity contribution in [2.75, 3.05) is 26.2 Å². The summed E-state index contributed by atoms with van der Waals surface area (Å²) in [5.74, 6) is 0.741. The van der Waals surface area contributed by atoms with Crippen molar-refractivity contribution in [3.8, 4) is 0 Å². The minimum atomic E-state index is -0.945. The summed E-state index contributed by atoms with van der Waals surface area (Å²) in [5.41, 5.74) is -1.02. The maximum atomic E-state index is 13.3. The van der Waals surface area contributed by atoms with Crippen LogP contribution >= 0.6 is 0 Å². The Morgan fingerprint density at radius 1 is 0.838 bits per heavy atom. The zero-order valence-corrected chi connectivity index (χ0v) is 22.9. The number of hydrogen-bond acceptors (Lipinski definition) is 5. The first kappa shape index (κ1) is 27.3. The molecule has 7 atom stereocenters. The Balaban J connectivity index is 1.59. The van der Waals surface area contributed by atoms with Crippen molar-refractivity contribution in [2.45, 2.75) is 114 Å². The largest absolute Gasteiger partial charge is 0.388 e. The number of aliphatic hydroxyl groups is 2. The topological polar surface area (TPSA) is 64.0 Å². The Labute approximate surface area is 224 Å². The third kappa shape index (κ3) is 5.18. The summed E-state index contributed by atoms with van der Waals surface area (Å²) in [4.78, 5) is 18.5. The van der Waals surface area contributed by atoms with Gasteiger partial charge in [-0.15, -0.1) is 0 Å². The summed E-state index contributed by atoms with van der Waals surface area (Å²) in [7, 11) is 0. The number of nitrogens with zero attached hydrogens (tertiary/aromatic N) is 2. The lowest BCUT2D eigenvalue weighted by Crippen LogP contribution is -2.78. The highest BCUT2D eigenvalue weighted by molar-refractivity contribution is 5.63. The summed E-state index contributed by atoms with van der Waals surface area (Å²) in [5, 5.41) is 23.7. The van der Waals surface area contributed by atoms with Gasteiger partial charge in [0.05, 0.1) is 5.54 Å². The smallest absolute Gasteiger partial charge is 0.127 e. The van der Waals surface area contributed by atoms with E-state index in [1.165, 1.54) is 44.8 Å². The number of allylic oxidation sites excluding steroid dienone is 5. The monoisotopic (exact) mass is 510 g/mol. The van der Waals surface area contributed by atoms with Crippen LogP contribution in [0.1, 0.15) is 89.9 Å². The van der Waals surface area contributed by atoms with Crippen LogP contribution in [-0.4, -0.2) is 76.3 Å². The fourth-order valence-corrected chi connectivity index (χ4v) is 9.12. The Bertz CT molecular complexity index is 855. The van der Waals surface area contributed by atoms with Crippen molar-refractivity contribution < 1.29 is 15.0 Å². The maximum absolute atomic E-state index is 13.3. The van der Waals surface area contributed by atoms with Crippen LogP contribution in [0.15, 0.2) is 36.5 Å². The van der Waals surface area contributed by atoms with Gasteiger partial charge in [0.1, 0.15) is 18.5 Å². The van der Waals surface area contributed by atoms with Gasteiger partial charge in [-0.3, -0.25) is 9.80 Å². The van der Waals surface area contributed by atoms with Gasteiger partial charge in [-0.25, -0.2) is 0 Å². The van der Waals surface area contributed by atoms with Crippen LogP contribution in [0.5, 0.6) is 0 Å². The molecule has 1 spiro atoms. The van der Waals surface area contributed by atoms with Gasteiger partial charge < -0.3 is 15.0 Å². The maximum Gasteiger partial charge on any atom is 0.127 e. The molecule has 5 rings (SSSR count). The van der Waals surface area contributed by atoms with Gasteiger partial charge in [-0.1, -0.05) is 81.4 Å². The normalized spacial score (nSPS) is 45.2. The molecule has 2 N–H and O–H groups in total. The Morgan fingerprint density at radius 2 is 1.62 bits per heavy atom. The molecule has 4 bridgehead atoms. The molecule has 0 unspecified atom stereocenters. The molecule has 1 saturated carbocycles. The van der Waals surface area contributed by atoms with Crippen molar-refractivity contribution >= 4 is 6.29 Å². The van der Waals surface area contributed by atoms with Crippen LogP contribution in [0.25, 0.3) is 0 Å². The number of aliphatic hydroxyl groups excluding tert-OH is 2. The van der Waals surface area contributed by atoms with Gasteiger partial charge in [0.2, 0.25) is 0 Å². The molecule has 0 aromatic carbocycles. The van der Waals surface area contributed by atoms with Gasteiger partial charge in [0.25, 0.3) is 0 Å². The number of rotatable bonds is 1. The average Bonchev–Trinajstić information content (AvgIpc) is 3.15. The molecule has 4 fully saturated rings. The van der Waals surface area contributed by atoms with Crippen molar-refractivity contribution in [1.82, 2.24) is 9.80 Å². The highest BCUT2D eigenvalue weighted by Crippen LogP contribution is 2.62. The average molecular weight is 511 g/mol. The van der Waals surface area contributed by atoms with E-state index in [2.05, 4.69) is 28.0 Å². The van der Waals surface area contributed by atoms with E-state index in [1.807, 2.05) is 12.2 Å². The minimum absolute atomic E-state index is 0.0345. The molecule has 37 heavy (non-hydrogen) atoms. The lowest BCUT2D eigenvalue weighted by atomic mass is 9.50. The van der Waals surface area contributed by atoms with Crippen LogP contribution in [0.3, 0.4) is 0 Å². The van der Waals surface area contributed by atoms with E-state index in [4.69, 9.17) is 0 Å². The molecule has 0 aromatic rings. The molecule has 5 heteroatoms. The van der Waals surface area contributed by atoms with Gasteiger partial charge >= 0.3 is 0 Å². The third-order valence-corrected chi connectivity index (χ3v) is 10.5. The van der Waals surface area contributed by atoms with Crippen molar-refractivity contribution in [2.24, 2.45) is 17.3 Å². The molecule has 0 radical (unpaired) electrons. The minimum Gasteiger partial charge on any atom is -0.388 e. The van der Waals surface area contributed by atoms with E-state index in [0.29, 0.717) is 11.8 Å². The molecular weight excluding hydrogens is 460 g/mol. The fourth-order valence-electron chi connectivity index (χ4n) is 9.12. The zero-order valence-electron chi connectivity index (χ0n) is 22.9. The van der Waals surface area contributed by atoms with Gasteiger partial charge in [0.15, 0.2) is 0 Å². The van der Waals surface area contributed by atoms with Crippen LogP contribution in [0.4, 0.5) is 0 Å². The Hall–Kier alpha value is -1.27. The second-order valence-corrected chi connectivity index (χ2v) is 12.7. The quantitative estimate of drug-likeness (QED) is 0.382. The molecular formula is C32H50N2O3. The van der Waals surface area contributed by atoms with Crippen molar-refractivity contribution in [3.63, 3.8) is 0 Å². The first-order valence-corrected chi connectivity index (χ1v) is 15.4. The highest BCUT2D eigenvalue weighted by atomic mass is 16.3. The third-order valence-electron chi connectivity index (χ3n) is 10.5. The van der Waals surface area contributed by atoms with E-state index in [9.17, 15) is 15.0 Å². The van der Waals surface area contributed by atoms with E-state index in [0.717, 1.165) is 77.5 Å². The van der Waals surface area contributed by atoms with E-state index in [-0.39, 0.29) is 6.04 Å². The molecule has 0 amide bonds. The molecule has 206 valence electrons. The van der Waals surface area contributed by atoms with E-state index in [1.54, 1.807) is 6.08 Å². The van der Waals surface area contributed by atoms with Crippen LogP contribution < -0.4 is 0 Å². The first-order valence-electron chi connectivity index (χ1n) is 15.4. The molecule has 3 saturated heterocycles. The lowest BCUT2D eigenvalue weighted by Gasteiger charge is -2.65. The summed E-state index contributed by atoms with van der Waals surface area (Å²) >= 11 is 0. The molecule has 4 heterocycles. The Morgan fingerprint density at radius 3 is 2.43 bits per heavy atom. The lowest BCUT2D eigenvalue weighted by molar-refractivity contribution is -0.190. The van der Waals surface area contributed by atoms with Gasteiger partial charge in [0, 0.05) is 18.0 Å². The summed E-state index contributed by atoms with van der Waals surface area (Å²) in [6.07, 6.45) is 27.4. The van der Waals surface area contributed by atoms with Crippen molar-refractivity contribution in [3.05, 3.63) is 36.5 Å². The number of carbonyl (C=O) groups excluding carboxylic acids is 1. The summed E-state index contributed by atoms with van der Waals surface area (Å²) in [6, 6.07) is -0.0345. The van der Waals surface area contributed by atoms with Gasteiger partial charge in [-0.2, -0.15) is 0 Å². The number of carbonyl (C=O) groups is 1. The molecule has 4 aliphatic heterocycles. The van der Waals surface area contributed by atoms with E-state index >= 15 is 0 Å². The van der Waals surface area contributed by atoms with Crippen LogP contribution in [0.2, 0.25) is 0 Å². The second kappa shape index (κ2) is 12.3. The van der Waals surface area contributed by atoms with E-state index < -0.39 is 23.2 Å². The molecule has 5 nitrogen and oxygen atoms in total. The molecule has 5 aliphatic rings. The zero-order chi connectivity index (χ0) is 25.7. The number of hydrogen-bond donors (Lipinski definition) is 2. The Kier molecular flexibility index (Phi) is 9.06. The van der Waals surface area contributed by atoms with Crippen LogP contribution in [-0.2, 0) is 4.79 Å². The second-order valence-electron chi connectivity index (χ2n) is 12.7. The molecule has 0 aromatic heterocycles. The molecule has 1 aliphatic carbocycles. The fraction of sp³-hybridized carbons (Fsp3) is 0.781. The first-order chi connectivity index (χ1) is 18.1. The number of piperidine rings is 1. The van der Waals surface area contributed by atoms with Crippen molar-refractivity contribution in [1.29, 1.82) is 0 Å². The predicted molar refractivity (Wildman–Crippen MR) is 149 cm³/mol. The highest BCUT2D eigenvalue weighted by Gasteiger charge is 2.72.